The van der Waals surface area contributed by atoms with Crippen LogP contribution in [0, 0.1) is 21.8 Å². The Balaban J connectivity index is 1.95. The minimum Gasteiger partial charge on any atom is -0.391 e. The topological polar surface area (TPSA) is 95.7 Å². The van der Waals surface area contributed by atoms with Crippen LogP contribution >= 0.6 is 23.2 Å². The van der Waals surface area contributed by atoms with Gasteiger partial charge >= 0.3 is 0 Å². The Morgan fingerprint density at radius 1 is 1.31 bits per heavy atom. The SMILES string of the molecule is C[C@H](O)[C@@H]1[C@H]([N+](=O)[O-])[C@@H](c2cccc(Cl)c2F)C(=O)Nc2cc(Cl)ccc2N1CC1CC1. The number of hydrogen-bond acceptors (Lipinski definition) is 5. The van der Waals surface area contributed by atoms with Crippen molar-refractivity contribution < 1.29 is 19.2 Å². The smallest absolute Gasteiger partial charge is 0.251 e. The molecular formula is C22H22Cl2FN3O4. The number of fused-ring (bicyclic) bond motifs is 1. The summed E-state index contributed by atoms with van der Waals surface area (Å²) < 4.78 is 15.0. The lowest BCUT2D eigenvalue weighted by Crippen LogP contribution is -2.58. The Morgan fingerprint density at radius 3 is 2.66 bits per heavy atom. The second kappa shape index (κ2) is 8.84. The van der Waals surface area contributed by atoms with E-state index in [0.717, 1.165) is 12.8 Å². The average molecular weight is 482 g/mol. The number of anilines is 2. The number of aliphatic hydroxyl groups excluding tert-OH is 1. The fraction of sp³-hybridized carbons (Fsp3) is 0.409. The van der Waals surface area contributed by atoms with Gasteiger partial charge in [0.2, 0.25) is 5.91 Å². The molecule has 2 N–H and O–H groups in total. The minimum atomic E-state index is -1.63. The zero-order valence-electron chi connectivity index (χ0n) is 17.2. The van der Waals surface area contributed by atoms with E-state index in [9.17, 15) is 20.0 Å². The highest BCUT2D eigenvalue weighted by Crippen LogP contribution is 2.42. The van der Waals surface area contributed by atoms with Crippen molar-refractivity contribution in [1.82, 2.24) is 0 Å². The number of benzene rings is 2. The third kappa shape index (κ3) is 4.27. The molecule has 10 heteroatoms. The summed E-state index contributed by atoms with van der Waals surface area (Å²) in [7, 11) is 0. The Morgan fingerprint density at radius 2 is 2.03 bits per heavy atom. The zero-order valence-corrected chi connectivity index (χ0v) is 18.7. The molecule has 1 heterocycles. The Labute approximate surface area is 194 Å². The van der Waals surface area contributed by atoms with Gasteiger partial charge in [0.05, 0.1) is 22.5 Å². The van der Waals surface area contributed by atoms with Gasteiger partial charge in [-0.05, 0) is 49.9 Å². The summed E-state index contributed by atoms with van der Waals surface area (Å²) in [4.78, 5) is 26.9. The quantitative estimate of drug-likeness (QED) is 0.484. The molecular weight excluding hydrogens is 460 g/mol. The van der Waals surface area contributed by atoms with Gasteiger partial charge in [0.15, 0.2) is 0 Å². The van der Waals surface area contributed by atoms with Crippen molar-refractivity contribution in [3.05, 3.63) is 67.9 Å². The summed E-state index contributed by atoms with van der Waals surface area (Å²) in [5.74, 6) is -2.89. The standard InChI is InChI=1S/C22H22Cl2FN3O4/c1-11(29)20-21(28(31)32)18(14-3-2-4-15(24)19(14)25)22(30)26-16-9-13(23)7-8-17(16)27(20)10-12-5-6-12/h2-4,7-9,11-12,18,20-21,29H,5-6,10H2,1H3,(H,26,30)/t11-,18+,20+,21+/m0/s1. The molecule has 1 amide bonds. The molecule has 1 aliphatic heterocycles. The molecule has 1 saturated carbocycles. The first kappa shape index (κ1) is 22.8. The van der Waals surface area contributed by atoms with Crippen LogP contribution in [0.1, 0.15) is 31.2 Å². The van der Waals surface area contributed by atoms with Crippen LogP contribution < -0.4 is 10.2 Å². The van der Waals surface area contributed by atoms with E-state index in [1.165, 1.54) is 25.1 Å². The number of nitro groups is 1. The molecule has 0 aromatic heterocycles. The fourth-order valence-corrected chi connectivity index (χ4v) is 4.80. The van der Waals surface area contributed by atoms with Gasteiger partial charge in [0.25, 0.3) is 6.04 Å². The molecule has 1 fully saturated rings. The maximum Gasteiger partial charge on any atom is 0.251 e. The molecule has 0 radical (unpaired) electrons. The first-order chi connectivity index (χ1) is 15.2. The Bertz CT molecular complexity index is 1060. The molecule has 4 atom stereocenters. The monoisotopic (exact) mass is 481 g/mol. The van der Waals surface area contributed by atoms with Crippen molar-refractivity contribution in [2.24, 2.45) is 5.92 Å². The summed E-state index contributed by atoms with van der Waals surface area (Å²) in [6.07, 6.45) is 0.741. The van der Waals surface area contributed by atoms with Crippen LogP contribution in [-0.2, 0) is 4.79 Å². The highest BCUT2D eigenvalue weighted by molar-refractivity contribution is 6.31. The molecule has 7 nitrogen and oxygen atoms in total. The first-order valence-electron chi connectivity index (χ1n) is 10.3. The van der Waals surface area contributed by atoms with Crippen LogP contribution in [0.2, 0.25) is 10.0 Å². The number of carbonyl (C=O) groups is 1. The summed E-state index contributed by atoms with van der Waals surface area (Å²) in [6, 6.07) is 6.18. The predicted octanol–water partition coefficient (Wildman–Crippen LogP) is 4.48. The van der Waals surface area contributed by atoms with Gasteiger partial charge in [-0.2, -0.15) is 0 Å². The van der Waals surface area contributed by atoms with E-state index in [2.05, 4.69) is 5.32 Å². The zero-order chi connectivity index (χ0) is 23.2. The highest BCUT2D eigenvalue weighted by Gasteiger charge is 2.52. The Hall–Kier alpha value is -2.42. The molecule has 4 rings (SSSR count). The van der Waals surface area contributed by atoms with Crippen LogP contribution in [0.15, 0.2) is 36.4 Å². The van der Waals surface area contributed by atoms with Gasteiger partial charge in [0.1, 0.15) is 17.8 Å². The molecule has 170 valence electrons. The minimum absolute atomic E-state index is 0.195. The summed E-state index contributed by atoms with van der Waals surface area (Å²) >= 11 is 12.1. The van der Waals surface area contributed by atoms with Crippen LogP contribution in [-0.4, -0.2) is 40.7 Å². The van der Waals surface area contributed by atoms with E-state index in [-0.39, 0.29) is 10.6 Å². The fourth-order valence-electron chi connectivity index (χ4n) is 4.44. The van der Waals surface area contributed by atoms with Gasteiger partial charge in [-0.1, -0.05) is 35.3 Å². The van der Waals surface area contributed by atoms with E-state index in [4.69, 9.17) is 23.2 Å². The van der Waals surface area contributed by atoms with E-state index < -0.39 is 40.8 Å². The van der Waals surface area contributed by atoms with Gasteiger partial charge < -0.3 is 15.3 Å². The molecule has 0 saturated heterocycles. The van der Waals surface area contributed by atoms with Crippen LogP contribution in [0.3, 0.4) is 0 Å². The number of aliphatic hydroxyl groups is 1. The number of carbonyl (C=O) groups excluding carboxylic acids is 1. The molecule has 0 unspecified atom stereocenters. The van der Waals surface area contributed by atoms with Gasteiger partial charge in [-0.25, -0.2) is 4.39 Å². The second-order valence-electron chi connectivity index (χ2n) is 8.37. The number of halogens is 3. The maximum atomic E-state index is 15.0. The largest absolute Gasteiger partial charge is 0.391 e. The number of rotatable bonds is 5. The summed E-state index contributed by atoms with van der Waals surface area (Å²) in [5.41, 5.74) is 0.680. The van der Waals surface area contributed by atoms with Crippen molar-refractivity contribution in [1.29, 1.82) is 0 Å². The van der Waals surface area contributed by atoms with Gasteiger partial charge in [0, 0.05) is 22.1 Å². The van der Waals surface area contributed by atoms with Crippen molar-refractivity contribution in [3.8, 4) is 0 Å². The van der Waals surface area contributed by atoms with E-state index in [0.29, 0.717) is 28.9 Å². The summed E-state index contributed by atoms with van der Waals surface area (Å²) in [5, 5.41) is 26.0. The third-order valence-corrected chi connectivity index (χ3v) is 6.59. The van der Waals surface area contributed by atoms with Crippen molar-refractivity contribution in [3.63, 3.8) is 0 Å². The molecule has 0 spiro atoms. The lowest BCUT2D eigenvalue weighted by atomic mass is 9.82. The molecule has 2 aromatic carbocycles. The lowest BCUT2D eigenvalue weighted by Gasteiger charge is -2.41. The van der Waals surface area contributed by atoms with E-state index in [1.54, 1.807) is 23.1 Å². The van der Waals surface area contributed by atoms with Gasteiger partial charge in [-0.3, -0.25) is 14.9 Å². The highest BCUT2D eigenvalue weighted by atomic mass is 35.5. The molecule has 2 aromatic rings. The molecule has 32 heavy (non-hydrogen) atoms. The van der Waals surface area contributed by atoms with Crippen molar-refractivity contribution >= 4 is 40.5 Å². The maximum absolute atomic E-state index is 15.0. The average Bonchev–Trinajstić information content (AvgIpc) is 3.52. The third-order valence-electron chi connectivity index (χ3n) is 6.07. The molecule has 1 aliphatic carbocycles. The molecule has 0 bridgehead atoms. The van der Waals surface area contributed by atoms with E-state index in [1.807, 2.05) is 0 Å². The van der Waals surface area contributed by atoms with Gasteiger partial charge in [-0.15, -0.1) is 0 Å². The number of nitrogens with zero attached hydrogens (tertiary/aromatic N) is 2. The van der Waals surface area contributed by atoms with Crippen molar-refractivity contribution in [2.45, 2.75) is 43.9 Å². The summed E-state index contributed by atoms with van der Waals surface area (Å²) in [6.45, 7) is 1.90. The number of nitrogens with one attached hydrogen (secondary N) is 1. The molecule has 2 aliphatic rings. The van der Waals surface area contributed by atoms with E-state index >= 15 is 4.39 Å². The van der Waals surface area contributed by atoms with Crippen LogP contribution in [0.4, 0.5) is 15.8 Å². The predicted molar refractivity (Wildman–Crippen MR) is 121 cm³/mol. The lowest BCUT2D eigenvalue weighted by molar-refractivity contribution is -0.529. The normalized spacial score (nSPS) is 24.2. The second-order valence-corrected chi connectivity index (χ2v) is 9.22. The van der Waals surface area contributed by atoms with Crippen LogP contribution in [0.5, 0.6) is 0 Å². The number of hydrogen-bond donors (Lipinski definition) is 2. The first-order valence-corrected chi connectivity index (χ1v) is 11.1. The van der Waals surface area contributed by atoms with Crippen LogP contribution in [0.25, 0.3) is 0 Å². The van der Waals surface area contributed by atoms with Crippen molar-refractivity contribution in [2.75, 3.05) is 16.8 Å². The number of amides is 1. The Kier molecular flexibility index (Phi) is 6.29.